The van der Waals surface area contributed by atoms with E-state index in [-0.39, 0.29) is 0 Å². The van der Waals surface area contributed by atoms with Gasteiger partial charge in [-0.05, 0) is 5.56 Å². The van der Waals surface area contributed by atoms with E-state index >= 15 is 0 Å². The molecule has 84 valence electrons. The Hall–Kier alpha value is -1.65. The van der Waals surface area contributed by atoms with Crippen LogP contribution in [0, 0.1) is 0 Å². The summed E-state index contributed by atoms with van der Waals surface area (Å²) < 4.78 is 4.70. The topological polar surface area (TPSA) is 58.3 Å². The lowest BCUT2D eigenvalue weighted by Crippen LogP contribution is -2.21. The van der Waals surface area contributed by atoms with Crippen LogP contribution >= 0.6 is 0 Å². The minimum atomic E-state index is -0.492. The second-order valence-corrected chi connectivity index (χ2v) is 3.55. The Balaban J connectivity index is 1.78. The van der Waals surface area contributed by atoms with Crippen molar-refractivity contribution in [1.29, 1.82) is 0 Å². The second-order valence-electron chi connectivity index (χ2n) is 3.55. The van der Waals surface area contributed by atoms with Gasteiger partial charge < -0.3 is 14.9 Å². The average Bonchev–Trinajstić information content (AvgIpc) is 2.83. The molecule has 0 spiro atoms. The van der Waals surface area contributed by atoms with Gasteiger partial charge in [-0.15, -0.1) is 0 Å². The molecule has 0 aliphatic rings. The van der Waals surface area contributed by atoms with Gasteiger partial charge >= 0.3 is 0 Å². The van der Waals surface area contributed by atoms with Gasteiger partial charge in [0.15, 0.2) is 0 Å². The van der Waals surface area contributed by atoms with Gasteiger partial charge in [0.2, 0.25) is 0 Å². The highest BCUT2D eigenvalue weighted by atomic mass is 16.5. The average molecular weight is 218 g/mol. The number of rotatable bonds is 5. The van der Waals surface area contributed by atoms with Gasteiger partial charge in [0.05, 0.1) is 11.8 Å². The molecule has 0 saturated heterocycles. The van der Waals surface area contributed by atoms with Crippen molar-refractivity contribution in [3.8, 4) is 0 Å². The molecule has 1 aromatic heterocycles. The number of hydrogen-bond donors (Lipinski definition) is 2. The Morgan fingerprint density at radius 3 is 2.75 bits per heavy atom. The second kappa shape index (κ2) is 5.44. The first kappa shape index (κ1) is 10.9. The lowest BCUT2D eigenvalue weighted by atomic mass is 10.1. The van der Waals surface area contributed by atoms with E-state index in [1.54, 1.807) is 6.07 Å². The molecule has 0 aliphatic heterocycles. The normalized spacial score (nSPS) is 12.6. The Morgan fingerprint density at radius 2 is 2.06 bits per heavy atom. The summed E-state index contributed by atoms with van der Waals surface area (Å²) in [5.74, 6) is 0. The number of hydrogen-bond acceptors (Lipinski definition) is 4. The van der Waals surface area contributed by atoms with E-state index in [9.17, 15) is 5.11 Å². The molecule has 1 heterocycles. The van der Waals surface area contributed by atoms with Crippen LogP contribution in [0.25, 0.3) is 0 Å². The van der Waals surface area contributed by atoms with Gasteiger partial charge in [0, 0.05) is 19.2 Å². The standard InChI is InChI=1S/C12H14N2O2/c15-12(10-4-2-1-3-5-10)9-13-8-11-6-7-16-14-11/h1-7,12-13,15H,8-9H2. The van der Waals surface area contributed by atoms with Crippen LogP contribution < -0.4 is 5.32 Å². The van der Waals surface area contributed by atoms with Crippen molar-refractivity contribution in [2.24, 2.45) is 0 Å². The zero-order valence-corrected chi connectivity index (χ0v) is 8.84. The molecule has 4 nitrogen and oxygen atoms in total. The van der Waals surface area contributed by atoms with Crippen molar-refractivity contribution in [3.63, 3.8) is 0 Å². The molecule has 1 unspecified atom stereocenters. The highest BCUT2D eigenvalue weighted by Gasteiger charge is 2.06. The number of nitrogens with one attached hydrogen (secondary N) is 1. The third kappa shape index (κ3) is 2.92. The van der Waals surface area contributed by atoms with Gasteiger partial charge in [0.25, 0.3) is 0 Å². The first-order chi connectivity index (χ1) is 7.86. The molecule has 2 N–H and O–H groups in total. The van der Waals surface area contributed by atoms with Crippen LogP contribution in [0.5, 0.6) is 0 Å². The molecule has 0 saturated carbocycles. The molecule has 0 radical (unpaired) electrons. The van der Waals surface area contributed by atoms with Crippen LogP contribution in [-0.4, -0.2) is 16.8 Å². The summed E-state index contributed by atoms with van der Waals surface area (Å²) in [6.07, 6.45) is 1.04. The first-order valence-corrected chi connectivity index (χ1v) is 5.19. The van der Waals surface area contributed by atoms with Gasteiger partial charge in [-0.25, -0.2) is 0 Å². The van der Waals surface area contributed by atoms with E-state index in [0.29, 0.717) is 13.1 Å². The summed E-state index contributed by atoms with van der Waals surface area (Å²) in [6, 6.07) is 11.4. The maximum absolute atomic E-state index is 9.84. The summed E-state index contributed by atoms with van der Waals surface area (Å²) in [6.45, 7) is 1.09. The van der Waals surface area contributed by atoms with Gasteiger partial charge in [-0.1, -0.05) is 35.5 Å². The highest BCUT2D eigenvalue weighted by molar-refractivity contribution is 5.17. The van der Waals surface area contributed by atoms with Crippen molar-refractivity contribution in [1.82, 2.24) is 10.5 Å². The minimum Gasteiger partial charge on any atom is -0.387 e. The van der Waals surface area contributed by atoms with E-state index in [1.807, 2.05) is 30.3 Å². The van der Waals surface area contributed by atoms with Crippen molar-refractivity contribution in [2.45, 2.75) is 12.6 Å². The lowest BCUT2D eigenvalue weighted by Gasteiger charge is -2.10. The van der Waals surface area contributed by atoms with E-state index in [0.717, 1.165) is 11.3 Å². The molecular formula is C12H14N2O2. The Labute approximate surface area is 93.9 Å². The smallest absolute Gasteiger partial charge is 0.124 e. The summed E-state index contributed by atoms with van der Waals surface area (Å²) in [5, 5.41) is 16.7. The predicted octanol–water partition coefficient (Wildman–Crippen LogP) is 1.50. The zero-order valence-electron chi connectivity index (χ0n) is 8.84. The molecule has 0 fully saturated rings. The highest BCUT2D eigenvalue weighted by Crippen LogP contribution is 2.10. The van der Waals surface area contributed by atoms with Crippen LogP contribution in [-0.2, 0) is 6.54 Å². The summed E-state index contributed by atoms with van der Waals surface area (Å²) in [5.41, 5.74) is 1.75. The third-order valence-electron chi connectivity index (χ3n) is 2.32. The third-order valence-corrected chi connectivity index (χ3v) is 2.32. The molecule has 4 heteroatoms. The van der Waals surface area contributed by atoms with Crippen LogP contribution in [0.3, 0.4) is 0 Å². The van der Waals surface area contributed by atoms with Crippen molar-refractivity contribution in [3.05, 3.63) is 53.9 Å². The molecule has 0 amide bonds. The molecular weight excluding hydrogens is 204 g/mol. The fraction of sp³-hybridized carbons (Fsp3) is 0.250. The Kier molecular flexibility index (Phi) is 3.69. The largest absolute Gasteiger partial charge is 0.387 e. The Morgan fingerprint density at radius 1 is 1.25 bits per heavy atom. The zero-order chi connectivity index (χ0) is 11.2. The molecule has 1 atom stereocenters. The monoisotopic (exact) mass is 218 g/mol. The summed E-state index contributed by atoms with van der Waals surface area (Å²) >= 11 is 0. The SMILES string of the molecule is OC(CNCc1ccon1)c1ccccc1. The van der Waals surface area contributed by atoms with Crippen molar-refractivity contribution in [2.75, 3.05) is 6.54 Å². The minimum absolute atomic E-state index is 0.492. The van der Waals surface area contributed by atoms with Crippen LogP contribution in [0.15, 0.2) is 47.2 Å². The van der Waals surface area contributed by atoms with Gasteiger partial charge in [-0.2, -0.15) is 0 Å². The molecule has 1 aromatic carbocycles. The number of benzene rings is 1. The van der Waals surface area contributed by atoms with Gasteiger partial charge in [0.1, 0.15) is 6.26 Å². The fourth-order valence-corrected chi connectivity index (χ4v) is 1.46. The van der Waals surface area contributed by atoms with Gasteiger partial charge in [-0.3, -0.25) is 0 Å². The quantitative estimate of drug-likeness (QED) is 0.798. The lowest BCUT2D eigenvalue weighted by molar-refractivity contribution is 0.174. The van der Waals surface area contributed by atoms with Crippen LogP contribution in [0.4, 0.5) is 0 Å². The van der Waals surface area contributed by atoms with E-state index in [4.69, 9.17) is 4.52 Å². The number of aliphatic hydroxyl groups excluding tert-OH is 1. The number of aliphatic hydroxyl groups is 1. The van der Waals surface area contributed by atoms with Crippen molar-refractivity contribution >= 4 is 0 Å². The maximum atomic E-state index is 9.84. The van der Waals surface area contributed by atoms with Crippen LogP contribution in [0.2, 0.25) is 0 Å². The van der Waals surface area contributed by atoms with E-state index in [1.165, 1.54) is 6.26 Å². The van der Waals surface area contributed by atoms with E-state index < -0.39 is 6.10 Å². The summed E-state index contributed by atoms with van der Waals surface area (Å²) in [4.78, 5) is 0. The fourth-order valence-electron chi connectivity index (χ4n) is 1.46. The summed E-state index contributed by atoms with van der Waals surface area (Å²) in [7, 11) is 0. The predicted molar refractivity (Wildman–Crippen MR) is 59.6 cm³/mol. The molecule has 16 heavy (non-hydrogen) atoms. The van der Waals surface area contributed by atoms with Crippen LogP contribution in [0.1, 0.15) is 17.4 Å². The molecule has 2 rings (SSSR count). The van der Waals surface area contributed by atoms with E-state index in [2.05, 4.69) is 10.5 Å². The number of nitrogens with zero attached hydrogens (tertiary/aromatic N) is 1. The first-order valence-electron chi connectivity index (χ1n) is 5.19. The Bertz CT molecular complexity index is 400. The van der Waals surface area contributed by atoms with Crippen molar-refractivity contribution < 1.29 is 9.63 Å². The molecule has 0 bridgehead atoms. The maximum Gasteiger partial charge on any atom is 0.124 e. The molecule has 2 aromatic rings. The molecule has 0 aliphatic carbocycles. The number of aromatic nitrogens is 1.